The highest BCUT2D eigenvalue weighted by molar-refractivity contribution is 5.24. The van der Waals surface area contributed by atoms with Gasteiger partial charge in [-0.2, -0.15) is 0 Å². The first-order valence-corrected chi connectivity index (χ1v) is 6.63. The van der Waals surface area contributed by atoms with Crippen LogP contribution in [-0.4, -0.2) is 19.7 Å². The van der Waals surface area contributed by atoms with E-state index in [2.05, 4.69) is 43.4 Å². The van der Waals surface area contributed by atoms with Gasteiger partial charge < -0.3 is 10.1 Å². The Balaban J connectivity index is 1.74. The monoisotopic (exact) mass is 233 g/mol. The molecule has 1 fully saturated rings. The summed E-state index contributed by atoms with van der Waals surface area (Å²) in [5.74, 6) is 1.32. The number of benzene rings is 1. The second kappa shape index (κ2) is 6.18. The molecule has 0 saturated carbocycles. The number of hydrogen-bond acceptors (Lipinski definition) is 2. The van der Waals surface area contributed by atoms with Gasteiger partial charge >= 0.3 is 0 Å². The lowest BCUT2D eigenvalue weighted by molar-refractivity contribution is 0.0925. The lowest BCUT2D eigenvalue weighted by atomic mass is 10.0. The zero-order chi connectivity index (χ0) is 12.1. The molecule has 1 atom stereocenters. The van der Waals surface area contributed by atoms with Crippen LogP contribution in [0.1, 0.15) is 37.3 Å². The van der Waals surface area contributed by atoms with Gasteiger partial charge in [0.15, 0.2) is 0 Å². The zero-order valence-electron chi connectivity index (χ0n) is 10.9. The van der Waals surface area contributed by atoms with E-state index in [-0.39, 0.29) is 0 Å². The van der Waals surface area contributed by atoms with E-state index >= 15 is 0 Å². The molecule has 0 spiro atoms. The van der Waals surface area contributed by atoms with E-state index in [0.717, 1.165) is 26.3 Å². The first-order chi connectivity index (χ1) is 8.25. The van der Waals surface area contributed by atoms with Crippen LogP contribution < -0.4 is 5.32 Å². The van der Waals surface area contributed by atoms with Gasteiger partial charge in [0.2, 0.25) is 0 Å². The Morgan fingerprint density at radius 3 is 2.65 bits per heavy atom. The Hall–Kier alpha value is -0.860. The van der Waals surface area contributed by atoms with Crippen LogP contribution in [-0.2, 0) is 11.3 Å². The molecule has 0 bridgehead atoms. The van der Waals surface area contributed by atoms with Crippen molar-refractivity contribution in [1.29, 1.82) is 0 Å². The fourth-order valence-electron chi connectivity index (χ4n) is 2.20. The predicted octanol–water partition coefficient (Wildman–Crippen LogP) is 2.94. The smallest absolute Gasteiger partial charge is 0.0717 e. The van der Waals surface area contributed by atoms with Crippen molar-refractivity contribution in [3.8, 4) is 0 Å². The van der Waals surface area contributed by atoms with Crippen molar-refractivity contribution in [2.45, 2.75) is 32.8 Å². The first kappa shape index (κ1) is 12.6. The maximum atomic E-state index is 5.76. The van der Waals surface area contributed by atoms with Crippen LogP contribution in [0.15, 0.2) is 24.3 Å². The Morgan fingerprint density at radius 2 is 2.06 bits per heavy atom. The van der Waals surface area contributed by atoms with E-state index in [1.165, 1.54) is 17.5 Å². The molecule has 94 valence electrons. The average Bonchev–Trinajstić information content (AvgIpc) is 2.83. The van der Waals surface area contributed by atoms with Gasteiger partial charge in [-0.25, -0.2) is 0 Å². The molecule has 2 rings (SSSR count). The Labute approximate surface area is 104 Å². The fourth-order valence-corrected chi connectivity index (χ4v) is 2.20. The van der Waals surface area contributed by atoms with E-state index in [1.54, 1.807) is 0 Å². The summed E-state index contributed by atoms with van der Waals surface area (Å²) in [7, 11) is 0. The van der Waals surface area contributed by atoms with Gasteiger partial charge in [0.25, 0.3) is 0 Å². The predicted molar refractivity (Wildman–Crippen MR) is 71.2 cm³/mol. The van der Waals surface area contributed by atoms with E-state index in [4.69, 9.17) is 4.74 Å². The minimum Gasteiger partial charge on any atom is -0.376 e. The molecule has 1 aliphatic rings. The molecule has 1 aliphatic heterocycles. The summed E-state index contributed by atoms with van der Waals surface area (Å²) in [6, 6.07) is 8.78. The highest BCUT2D eigenvalue weighted by Gasteiger charge is 2.13. The maximum absolute atomic E-state index is 5.76. The van der Waals surface area contributed by atoms with Crippen LogP contribution in [0.25, 0.3) is 0 Å². The average molecular weight is 233 g/mol. The zero-order valence-corrected chi connectivity index (χ0v) is 10.9. The third-order valence-electron chi connectivity index (χ3n) is 3.43. The molecule has 1 N–H and O–H groups in total. The SMILES string of the molecule is CC(C)c1ccc(COC[C@@H]2CCNC2)cc1. The number of hydrogen-bond donors (Lipinski definition) is 1. The maximum Gasteiger partial charge on any atom is 0.0717 e. The van der Waals surface area contributed by atoms with Gasteiger partial charge in [0.05, 0.1) is 13.2 Å². The van der Waals surface area contributed by atoms with Crippen molar-refractivity contribution in [2.75, 3.05) is 19.7 Å². The molecule has 1 aromatic carbocycles. The van der Waals surface area contributed by atoms with Crippen molar-refractivity contribution in [1.82, 2.24) is 5.32 Å². The number of rotatable bonds is 5. The largest absolute Gasteiger partial charge is 0.376 e. The summed E-state index contributed by atoms with van der Waals surface area (Å²) < 4.78 is 5.76. The van der Waals surface area contributed by atoms with Crippen molar-refractivity contribution in [2.24, 2.45) is 5.92 Å². The Morgan fingerprint density at radius 1 is 1.29 bits per heavy atom. The summed E-state index contributed by atoms with van der Waals surface area (Å²) in [4.78, 5) is 0. The quantitative estimate of drug-likeness (QED) is 0.844. The lowest BCUT2D eigenvalue weighted by Gasteiger charge is -2.10. The minimum atomic E-state index is 0.606. The van der Waals surface area contributed by atoms with Gasteiger partial charge in [0, 0.05) is 6.54 Å². The molecule has 1 saturated heterocycles. The van der Waals surface area contributed by atoms with E-state index in [1.807, 2.05) is 0 Å². The topological polar surface area (TPSA) is 21.3 Å². The minimum absolute atomic E-state index is 0.606. The molecule has 0 unspecified atom stereocenters. The molecule has 2 heteroatoms. The first-order valence-electron chi connectivity index (χ1n) is 6.63. The Bertz CT molecular complexity index is 325. The molecule has 0 radical (unpaired) electrons. The lowest BCUT2D eigenvalue weighted by Crippen LogP contribution is -2.13. The summed E-state index contributed by atoms with van der Waals surface area (Å²) in [5.41, 5.74) is 2.68. The second-order valence-corrected chi connectivity index (χ2v) is 5.27. The normalized spacial score (nSPS) is 20.1. The Kier molecular flexibility index (Phi) is 4.57. The number of ether oxygens (including phenoxy) is 1. The molecular formula is C15H23NO. The van der Waals surface area contributed by atoms with Gasteiger partial charge in [-0.15, -0.1) is 0 Å². The van der Waals surface area contributed by atoms with E-state index in [9.17, 15) is 0 Å². The molecule has 1 aromatic rings. The molecular weight excluding hydrogens is 210 g/mol. The summed E-state index contributed by atoms with van der Waals surface area (Å²) in [6.07, 6.45) is 1.26. The van der Waals surface area contributed by atoms with Crippen LogP contribution in [0.4, 0.5) is 0 Å². The highest BCUT2D eigenvalue weighted by atomic mass is 16.5. The van der Waals surface area contributed by atoms with Crippen LogP contribution >= 0.6 is 0 Å². The highest BCUT2D eigenvalue weighted by Crippen LogP contribution is 2.15. The molecule has 2 nitrogen and oxygen atoms in total. The van der Waals surface area contributed by atoms with Crippen LogP contribution in [0.3, 0.4) is 0 Å². The van der Waals surface area contributed by atoms with Crippen LogP contribution in [0, 0.1) is 5.92 Å². The van der Waals surface area contributed by atoms with Gasteiger partial charge in [-0.05, 0) is 35.9 Å². The molecule has 0 amide bonds. The van der Waals surface area contributed by atoms with Crippen molar-refractivity contribution in [3.05, 3.63) is 35.4 Å². The van der Waals surface area contributed by atoms with Crippen LogP contribution in [0.2, 0.25) is 0 Å². The standard InChI is InChI=1S/C15H23NO/c1-12(2)15-5-3-13(4-6-15)10-17-11-14-7-8-16-9-14/h3-6,12,14,16H,7-11H2,1-2H3/t14-/m1/s1. The van der Waals surface area contributed by atoms with Crippen molar-refractivity contribution < 1.29 is 4.74 Å². The van der Waals surface area contributed by atoms with Crippen molar-refractivity contribution >= 4 is 0 Å². The molecule has 0 aliphatic carbocycles. The van der Waals surface area contributed by atoms with Crippen LogP contribution in [0.5, 0.6) is 0 Å². The fraction of sp³-hybridized carbons (Fsp3) is 0.600. The number of nitrogens with one attached hydrogen (secondary N) is 1. The third kappa shape index (κ3) is 3.83. The van der Waals surface area contributed by atoms with Gasteiger partial charge in [0.1, 0.15) is 0 Å². The van der Waals surface area contributed by atoms with E-state index in [0.29, 0.717) is 11.8 Å². The van der Waals surface area contributed by atoms with E-state index < -0.39 is 0 Å². The summed E-state index contributed by atoms with van der Waals surface area (Å²) in [5, 5.41) is 3.36. The molecule has 17 heavy (non-hydrogen) atoms. The summed E-state index contributed by atoms with van der Waals surface area (Å²) in [6.45, 7) is 8.34. The van der Waals surface area contributed by atoms with Gasteiger partial charge in [-0.3, -0.25) is 0 Å². The third-order valence-corrected chi connectivity index (χ3v) is 3.43. The molecule has 1 heterocycles. The summed E-state index contributed by atoms with van der Waals surface area (Å²) >= 11 is 0. The van der Waals surface area contributed by atoms with Crippen molar-refractivity contribution in [3.63, 3.8) is 0 Å². The molecule has 0 aromatic heterocycles. The second-order valence-electron chi connectivity index (χ2n) is 5.27. The van der Waals surface area contributed by atoms with Gasteiger partial charge in [-0.1, -0.05) is 38.1 Å².